The topological polar surface area (TPSA) is 110 Å². The molecule has 27 heavy (non-hydrogen) atoms. The molecule has 3 atom stereocenters. The molecule has 2 aromatic carbocycles. The number of aliphatic carboxylic acids is 1. The molecule has 0 unspecified atom stereocenters. The molecule has 1 aliphatic heterocycles. The molecule has 2 N–H and O–H groups in total. The Morgan fingerprint density at radius 1 is 1.15 bits per heavy atom. The fourth-order valence-electron chi connectivity index (χ4n) is 3.72. The molecule has 142 valence electrons. The minimum atomic E-state index is -4.03. The van der Waals surface area contributed by atoms with Gasteiger partial charge in [-0.15, -0.1) is 0 Å². The van der Waals surface area contributed by atoms with E-state index in [2.05, 4.69) is 0 Å². The smallest absolute Gasteiger partial charge is 0.314 e. The summed E-state index contributed by atoms with van der Waals surface area (Å²) in [5.41, 5.74) is -1.37. The van der Waals surface area contributed by atoms with E-state index in [-0.39, 0.29) is 11.7 Å². The Morgan fingerprint density at radius 2 is 1.81 bits per heavy atom. The average molecular weight is 411 g/mol. The summed E-state index contributed by atoms with van der Waals surface area (Å²) >= 11 is 5.81. The quantitative estimate of drug-likeness (QED) is 0.776. The third-order valence-corrected chi connectivity index (χ3v) is 7.69. The molecule has 0 aromatic heterocycles. The number of benzene rings is 2. The maximum Gasteiger partial charge on any atom is 0.314 e. The molecule has 0 saturated heterocycles. The highest BCUT2D eigenvalue weighted by molar-refractivity contribution is 7.92. The minimum absolute atomic E-state index is 0.0417. The first-order valence-corrected chi connectivity index (χ1v) is 9.98. The molecule has 1 heterocycles. The summed E-state index contributed by atoms with van der Waals surface area (Å²) in [7, 11) is -4.03. The Bertz CT molecular complexity index is 1020. The van der Waals surface area contributed by atoms with Crippen molar-refractivity contribution in [2.75, 3.05) is 13.4 Å². The second-order valence-corrected chi connectivity index (χ2v) is 9.02. The molecule has 1 aliphatic carbocycles. The summed E-state index contributed by atoms with van der Waals surface area (Å²) in [6.07, 6.45) is 0. The zero-order valence-electron chi connectivity index (χ0n) is 13.8. The Kier molecular flexibility index (Phi) is 4.10. The molecule has 0 radical (unpaired) electrons. The summed E-state index contributed by atoms with van der Waals surface area (Å²) in [5, 5.41) is 18.7. The number of halogens is 1. The molecule has 7 nitrogen and oxygen atoms in total. The molecule has 2 aliphatic rings. The van der Waals surface area contributed by atoms with Crippen LogP contribution >= 0.6 is 11.6 Å². The fourth-order valence-corrected chi connectivity index (χ4v) is 6.21. The van der Waals surface area contributed by atoms with Gasteiger partial charge in [0, 0.05) is 10.9 Å². The van der Waals surface area contributed by atoms with Crippen molar-refractivity contribution in [3.05, 3.63) is 53.1 Å². The van der Waals surface area contributed by atoms with Gasteiger partial charge >= 0.3 is 5.97 Å². The van der Waals surface area contributed by atoms with E-state index in [9.17, 15) is 23.4 Å². The van der Waals surface area contributed by atoms with Crippen molar-refractivity contribution >= 4 is 27.4 Å². The van der Waals surface area contributed by atoms with E-state index in [0.29, 0.717) is 22.1 Å². The van der Waals surface area contributed by atoms with Gasteiger partial charge in [-0.1, -0.05) is 17.7 Å². The lowest BCUT2D eigenvalue weighted by atomic mass is 10.00. The van der Waals surface area contributed by atoms with E-state index in [4.69, 9.17) is 21.1 Å². The molecule has 0 bridgehead atoms. The van der Waals surface area contributed by atoms with Crippen LogP contribution in [0.3, 0.4) is 0 Å². The standard InChI is InChI=1S/C18H15ClO7S/c19-11-2-4-12(5-3-11)27(23,24)16-15(18(16,8-20)17(21)22)10-1-6-13-14(7-10)26-9-25-13/h1-7,15-16,20H,8-9H2,(H,21,22)/t15-,16-,18-/m1/s1. The highest BCUT2D eigenvalue weighted by Gasteiger charge is 2.75. The van der Waals surface area contributed by atoms with Gasteiger partial charge in [-0.3, -0.25) is 4.79 Å². The van der Waals surface area contributed by atoms with Gasteiger partial charge in [0.2, 0.25) is 6.79 Å². The molecule has 1 saturated carbocycles. The van der Waals surface area contributed by atoms with Crippen LogP contribution in [0.2, 0.25) is 5.02 Å². The van der Waals surface area contributed by atoms with Gasteiger partial charge in [-0.2, -0.15) is 0 Å². The van der Waals surface area contributed by atoms with E-state index >= 15 is 0 Å². The van der Waals surface area contributed by atoms with Crippen LogP contribution in [0.15, 0.2) is 47.4 Å². The Balaban J connectivity index is 1.80. The van der Waals surface area contributed by atoms with Crippen molar-refractivity contribution in [2.24, 2.45) is 5.41 Å². The molecule has 0 spiro atoms. The number of carbonyl (C=O) groups is 1. The lowest BCUT2D eigenvalue weighted by Crippen LogP contribution is -2.27. The van der Waals surface area contributed by atoms with Crippen LogP contribution in [-0.4, -0.2) is 43.2 Å². The third kappa shape index (κ3) is 2.59. The maximum atomic E-state index is 13.1. The first-order chi connectivity index (χ1) is 12.8. The lowest BCUT2D eigenvalue weighted by molar-refractivity contribution is -0.145. The number of aliphatic hydroxyl groups is 1. The largest absolute Gasteiger partial charge is 0.481 e. The molecular weight excluding hydrogens is 396 g/mol. The number of aliphatic hydroxyl groups excluding tert-OH is 1. The van der Waals surface area contributed by atoms with Crippen LogP contribution in [-0.2, 0) is 14.6 Å². The summed E-state index contributed by atoms with van der Waals surface area (Å²) in [6.45, 7) is -0.765. The molecule has 4 rings (SSSR count). The van der Waals surface area contributed by atoms with Crippen molar-refractivity contribution in [1.29, 1.82) is 0 Å². The number of rotatable bonds is 5. The summed E-state index contributed by atoms with van der Waals surface area (Å²) in [6, 6.07) is 10.3. The highest BCUT2D eigenvalue weighted by Crippen LogP contribution is 2.64. The third-order valence-electron chi connectivity index (χ3n) is 5.15. The number of hydrogen-bond donors (Lipinski definition) is 2. The van der Waals surface area contributed by atoms with Gasteiger partial charge in [-0.05, 0) is 42.0 Å². The number of carboxylic acids is 1. The number of fused-ring (bicyclic) bond motifs is 1. The molecule has 9 heteroatoms. The fraction of sp³-hybridized carbons (Fsp3) is 0.278. The van der Waals surface area contributed by atoms with E-state index in [1.807, 2.05) is 0 Å². The number of ether oxygens (including phenoxy) is 2. The van der Waals surface area contributed by atoms with Crippen molar-refractivity contribution in [3.63, 3.8) is 0 Å². The van der Waals surface area contributed by atoms with Gasteiger partial charge in [0.05, 0.1) is 16.8 Å². The van der Waals surface area contributed by atoms with Gasteiger partial charge in [0.1, 0.15) is 5.41 Å². The highest BCUT2D eigenvalue weighted by atomic mass is 35.5. The first kappa shape index (κ1) is 18.1. The second kappa shape index (κ2) is 6.12. The Morgan fingerprint density at radius 3 is 2.44 bits per heavy atom. The lowest BCUT2D eigenvalue weighted by Gasteiger charge is -2.09. The van der Waals surface area contributed by atoms with Crippen LogP contribution in [0, 0.1) is 5.41 Å². The predicted molar refractivity (Wildman–Crippen MR) is 94.9 cm³/mol. The monoisotopic (exact) mass is 410 g/mol. The maximum absolute atomic E-state index is 13.1. The van der Waals surface area contributed by atoms with Crippen LogP contribution in [0.4, 0.5) is 0 Å². The normalized spacial score (nSPS) is 26.0. The summed E-state index contributed by atoms with van der Waals surface area (Å²) in [4.78, 5) is 11.9. The predicted octanol–water partition coefficient (Wildman–Crippen LogP) is 2.07. The van der Waals surface area contributed by atoms with Crippen molar-refractivity contribution in [3.8, 4) is 11.5 Å². The van der Waals surface area contributed by atoms with Gasteiger partial charge in [0.15, 0.2) is 21.3 Å². The second-order valence-electron chi connectivity index (χ2n) is 6.51. The van der Waals surface area contributed by atoms with Gasteiger partial charge in [0.25, 0.3) is 0 Å². The van der Waals surface area contributed by atoms with Crippen molar-refractivity contribution in [1.82, 2.24) is 0 Å². The van der Waals surface area contributed by atoms with Crippen LogP contribution in [0.1, 0.15) is 11.5 Å². The number of carboxylic acid groups (broad SMARTS) is 1. The van der Waals surface area contributed by atoms with Crippen LogP contribution in [0.25, 0.3) is 0 Å². The van der Waals surface area contributed by atoms with Crippen molar-refractivity contribution in [2.45, 2.75) is 16.1 Å². The average Bonchev–Trinajstić information content (AvgIpc) is 3.15. The zero-order chi connectivity index (χ0) is 19.4. The van der Waals surface area contributed by atoms with Gasteiger partial charge in [-0.25, -0.2) is 8.42 Å². The molecule has 0 amide bonds. The summed E-state index contributed by atoms with van der Waals surface area (Å²) < 4.78 is 36.8. The molecular formula is C18H15ClO7S. The van der Waals surface area contributed by atoms with Crippen LogP contribution < -0.4 is 9.47 Å². The van der Waals surface area contributed by atoms with E-state index in [1.165, 1.54) is 24.3 Å². The molecule has 1 fully saturated rings. The molecule has 2 aromatic rings. The zero-order valence-corrected chi connectivity index (χ0v) is 15.4. The first-order valence-electron chi connectivity index (χ1n) is 8.05. The van der Waals surface area contributed by atoms with E-state index in [0.717, 1.165) is 0 Å². The van der Waals surface area contributed by atoms with Gasteiger partial charge < -0.3 is 19.7 Å². The van der Waals surface area contributed by atoms with E-state index < -0.39 is 39.0 Å². The van der Waals surface area contributed by atoms with E-state index in [1.54, 1.807) is 18.2 Å². The van der Waals surface area contributed by atoms with Crippen molar-refractivity contribution < 1.29 is 32.9 Å². The SMILES string of the molecule is O=C(O)[C@]1(CO)[C@H](c2ccc3c(c2)OCO3)[C@H]1S(=O)(=O)c1ccc(Cl)cc1. The Hall–Kier alpha value is -2.29. The number of hydrogen-bond acceptors (Lipinski definition) is 6. The number of sulfone groups is 1. The van der Waals surface area contributed by atoms with Crippen LogP contribution in [0.5, 0.6) is 11.5 Å². The Labute approximate surface area is 160 Å². The summed E-state index contributed by atoms with van der Waals surface area (Å²) in [5.74, 6) is -1.37. The minimum Gasteiger partial charge on any atom is -0.481 e.